The molecule has 2 heterocycles. The number of halogens is 3. The van der Waals surface area contributed by atoms with Gasteiger partial charge < -0.3 is 24.6 Å². The van der Waals surface area contributed by atoms with E-state index >= 15 is 0 Å². The Labute approximate surface area is 221 Å². The number of nitrogens with one attached hydrogen (secondary N) is 2. The van der Waals surface area contributed by atoms with E-state index in [0.29, 0.717) is 58.7 Å². The predicted molar refractivity (Wildman–Crippen MR) is 133 cm³/mol. The summed E-state index contributed by atoms with van der Waals surface area (Å²) in [6, 6.07) is 1.42. The second-order valence-electron chi connectivity index (χ2n) is 10.4. The lowest BCUT2D eigenvalue weighted by Gasteiger charge is -2.37. The number of ether oxygens (including phenoxy) is 2. The van der Waals surface area contributed by atoms with Crippen LogP contribution >= 0.6 is 0 Å². The number of carbonyl (C=O) groups is 2. The van der Waals surface area contributed by atoms with Gasteiger partial charge in [-0.3, -0.25) is 10.1 Å². The molecule has 10 nitrogen and oxygen atoms in total. The number of guanidine groups is 1. The average molecular weight is 545 g/mol. The van der Waals surface area contributed by atoms with Gasteiger partial charge in [0.15, 0.2) is 0 Å². The van der Waals surface area contributed by atoms with E-state index in [1.54, 1.807) is 4.90 Å². The van der Waals surface area contributed by atoms with Gasteiger partial charge in [0.05, 0.1) is 25.7 Å². The van der Waals surface area contributed by atoms with Crippen molar-refractivity contribution >= 4 is 18.0 Å². The minimum atomic E-state index is -4.45. The summed E-state index contributed by atoms with van der Waals surface area (Å²) in [5.41, 5.74) is -0.993. The first-order valence-corrected chi connectivity index (χ1v) is 13.4. The molecule has 1 aliphatic carbocycles. The molecule has 0 aromatic heterocycles. The second-order valence-corrected chi connectivity index (χ2v) is 10.4. The minimum absolute atomic E-state index is 0.0654. The second kappa shape index (κ2) is 14.0. The third-order valence-electron chi connectivity index (χ3n) is 7.42. The smallest absolute Gasteiger partial charge is 0.413 e. The fraction of sp³-hybridized carbons (Fsp3) is 0.840. The van der Waals surface area contributed by atoms with Crippen LogP contribution in [0.3, 0.4) is 0 Å². The molecular weight excluding hydrogens is 505 g/mol. The molecule has 0 spiro atoms. The number of hydrogen-bond donors (Lipinski definition) is 2. The molecule has 0 aromatic carbocycles. The highest BCUT2D eigenvalue weighted by Crippen LogP contribution is 2.29. The van der Waals surface area contributed by atoms with Crippen LogP contribution in [0.4, 0.5) is 18.0 Å². The molecule has 2 aliphatic heterocycles. The normalized spacial score (nSPS) is 22.3. The predicted octanol–water partition coefficient (Wildman–Crippen LogP) is 2.80. The molecule has 1 atom stereocenters. The summed E-state index contributed by atoms with van der Waals surface area (Å²) >= 11 is 0. The van der Waals surface area contributed by atoms with Crippen molar-refractivity contribution in [3.63, 3.8) is 0 Å². The van der Waals surface area contributed by atoms with Gasteiger partial charge in [-0.05, 0) is 32.2 Å². The summed E-state index contributed by atoms with van der Waals surface area (Å²) in [6.45, 7) is 2.03. The van der Waals surface area contributed by atoms with E-state index in [0.717, 1.165) is 32.1 Å². The first kappa shape index (κ1) is 30.0. The first-order chi connectivity index (χ1) is 18.1. The summed E-state index contributed by atoms with van der Waals surface area (Å²) in [5, 5.41) is 15.4. The molecule has 2 amide bonds. The maximum absolute atomic E-state index is 13.6. The van der Waals surface area contributed by atoms with Crippen LogP contribution in [0, 0.1) is 17.2 Å². The number of likely N-dealkylation sites (tertiary alicyclic amines) is 1. The largest absolute Gasteiger partial charge is 0.449 e. The molecule has 3 aliphatic rings. The number of morpholine rings is 1. The van der Waals surface area contributed by atoms with Gasteiger partial charge in [0, 0.05) is 26.2 Å². The highest BCUT2D eigenvalue weighted by molar-refractivity contribution is 5.96. The molecular formula is C25H39F3N6O4. The molecule has 2 saturated heterocycles. The van der Waals surface area contributed by atoms with Gasteiger partial charge in [-0.25, -0.2) is 9.79 Å². The lowest BCUT2D eigenvalue weighted by molar-refractivity contribution is -0.141. The number of rotatable bonds is 7. The zero-order valence-corrected chi connectivity index (χ0v) is 22.0. The Morgan fingerprint density at radius 1 is 1.16 bits per heavy atom. The van der Waals surface area contributed by atoms with E-state index in [1.807, 2.05) is 7.05 Å². The fourth-order valence-electron chi connectivity index (χ4n) is 5.04. The van der Waals surface area contributed by atoms with Gasteiger partial charge >= 0.3 is 12.3 Å². The summed E-state index contributed by atoms with van der Waals surface area (Å²) in [6.07, 6.45) is -0.136. The van der Waals surface area contributed by atoms with Gasteiger partial charge in [-0.1, -0.05) is 32.1 Å². The molecule has 3 fully saturated rings. The van der Waals surface area contributed by atoms with Crippen LogP contribution in [0.15, 0.2) is 4.99 Å². The van der Waals surface area contributed by atoms with Crippen molar-refractivity contribution in [3.8, 4) is 6.07 Å². The quantitative estimate of drug-likeness (QED) is 0.374. The number of hydrogen-bond acceptors (Lipinski definition) is 7. The molecule has 13 heteroatoms. The lowest BCUT2D eigenvalue weighted by Crippen LogP contribution is -2.56. The molecule has 3 rings (SSSR count). The number of nitriles is 1. The van der Waals surface area contributed by atoms with Crippen molar-refractivity contribution in [1.82, 2.24) is 20.4 Å². The van der Waals surface area contributed by atoms with Crippen molar-refractivity contribution in [1.29, 1.82) is 5.26 Å². The van der Waals surface area contributed by atoms with E-state index in [1.165, 1.54) is 0 Å². The molecule has 38 heavy (non-hydrogen) atoms. The third-order valence-corrected chi connectivity index (χ3v) is 7.42. The number of nitrogens with zero attached hydrogens (tertiary/aromatic N) is 4. The monoisotopic (exact) mass is 544 g/mol. The van der Waals surface area contributed by atoms with E-state index < -0.39 is 36.9 Å². The van der Waals surface area contributed by atoms with Gasteiger partial charge in [0.2, 0.25) is 11.9 Å². The maximum Gasteiger partial charge on any atom is 0.413 e. The van der Waals surface area contributed by atoms with Crippen molar-refractivity contribution in [2.45, 2.75) is 75.5 Å². The highest BCUT2D eigenvalue weighted by atomic mass is 19.4. The van der Waals surface area contributed by atoms with Crippen molar-refractivity contribution < 1.29 is 32.2 Å². The summed E-state index contributed by atoms with van der Waals surface area (Å²) in [4.78, 5) is 34.5. The van der Waals surface area contributed by atoms with Crippen LogP contribution in [0.2, 0.25) is 0 Å². The van der Waals surface area contributed by atoms with Crippen LogP contribution in [0.5, 0.6) is 0 Å². The number of carbonyl (C=O) groups excluding carboxylic acids is 2. The Kier molecular flexibility index (Phi) is 11.0. The molecule has 2 N–H and O–H groups in total. The van der Waals surface area contributed by atoms with Gasteiger partial charge in [-0.2, -0.15) is 18.4 Å². The third kappa shape index (κ3) is 9.62. The first-order valence-electron chi connectivity index (χ1n) is 13.4. The van der Waals surface area contributed by atoms with Gasteiger partial charge in [0.25, 0.3) is 0 Å². The number of amides is 2. The number of piperidine rings is 1. The number of alkyl halides is 3. The standard InChI is InChI=1S/C25H39F3N6O4/c1-33-10-7-24(18-29,8-11-33)32-21(35)20(17-19-5-3-2-4-6-19)30-22(34-12-15-37-16-13-34)31-23(36)38-14-9-25(26,27)28/h19-20H,2-17H2,1H3,(H,32,35)(H,30,31,36)/t20-/m0/s1. The van der Waals surface area contributed by atoms with E-state index in [9.17, 15) is 28.0 Å². The molecule has 214 valence electrons. The van der Waals surface area contributed by atoms with Crippen LogP contribution < -0.4 is 10.6 Å². The summed E-state index contributed by atoms with van der Waals surface area (Å²) < 4.78 is 47.6. The Balaban J connectivity index is 1.80. The van der Waals surface area contributed by atoms with Crippen LogP contribution in [0.25, 0.3) is 0 Å². The number of aliphatic imine (C=N–C) groups is 1. The fourth-order valence-corrected chi connectivity index (χ4v) is 5.04. The van der Waals surface area contributed by atoms with Gasteiger partial charge in [-0.15, -0.1) is 0 Å². The molecule has 0 aromatic rings. The zero-order chi connectivity index (χ0) is 27.6. The Morgan fingerprint density at radius 3 is 2.42 bits per heavy atom. The summed E-state index contributed by atoms with van der Waals surface area (Å²) in [7, 11) is 1.97. The van der Waals surface area contributed by atoms with E-state index in [4.69, 9.17) is 9.47 Å². The van der Waals surface area contributed by atoms with Crippen molar-refractivity contribution in [3.05, 3.63) is 0 Å². The SMILES string of the molecule is CN1CCC(C#N)(NC(=O)[C@H](CC2CCCCC2)N=C(NC(=O)OCCC(F)(F)F)N2CCOCC2)CC1. The minimum Gasteiger partial charge on any atom is -0.449 e. The van der Waals surface area contributed by atoms with Crippen LogP contribution in [-0.4, -0.2) is 98.6 Å². The Morgan fingerprint density at radius 2 is 1.82 bits per heavy atom. The molecule has 0 unspecified atom stereocenters. The number of alkyl carbamates (subject to hydrolysis) is 1. The lowest BCUT2D eigenvalue weighted by atomic mass is 9.84. The van der Waals surface area contributed by atoms with Crippen molar-refractivity contribution in [2.24, 2.45) is 10.9 Å². The highest BCUT2D eigenvalue weighted by Gasteiger charge is 2.38. The van der Waals surface area contributed by atoms with E-state index in [-0.39, 0.29) is 17.8 Å². The van der Waals surface area contributed by atoms with E-state index in [2.05, 4.69) is 26.6 Å². The van der Waals surface area contributed by atoms with Crippen molar-refractivity contribution in [2.75, 3.05) is 53.0 Å². The maximum atomic E-state index is 13.6. The zero-order valence-electron chi connectivity index (χ0n) is 22.0. The Hall–Kier alpha value is -2.59. The average Bonchev–Trinajstić information content (AvgIpc) is 2.89. The molecule has 1 saturated carbocycles. The van der Waals surface area contributed by atoms with Crippen LogP contribution in [0.1, 0.15) is 57.8 Å². The molecule has 0 radical (unpaired) electrons. The van der Waals surface area contributed by atoms with Gasteiger partial charge in [0.1, 0.15) is 18.2 Å². The van der Waals surface area contributed by atoms with Crippen LogP contribution in [-0.2, 0) is 14.3 Å². The molecule has 0 bridgehead atoms. The summed E-state index contributed by atoms with van der Waals surface area (Å²) in [5.74, 6) is -0.0567. The topological polar surface area (TPSA) is 119 Å². The Bertz CT molecular complexity index is 858.